The van der Waals surface area contributed by atoms with Crippen LogP contribution in [0.15, 0.2) is 0 Å². The molecule has 0 aromatic heterocycles. The van der Waals surface area contributed by atoms with Gasteiger partial charge in [-0.25, -0.2) is 0 Å². The molecule has 2 aliphatic rings. The van der Waals surface area contributed by atoms with Crippen molar-refractivity contribution in [2.75, 3.05) is 46.4 Å². The van der Waals surface area contributed by atoms with Gasteiger partial charge in [0.05, 0.1) is 39.6 Å². The zero-order valence-electron chi connectivity index (χ0n) is 7.29. The highest BCUT2D eigenvalue weighted by Crippen LogP contribution is 1.91. The maximum absolute atomic E-state index is 4.94. The van der Waals surface area contributed by atoms with E-state index >= 15 is 0 Å². The van der Waals surface area contributed by atoms with Crippen molar-refractivity contribution in [3.05, 3.63) is 0 Å². The van der Waals surface area contributed by atoms with Gasteiger partial charge in [-0.15, -0.1) is 0 Å². The first-order chi connectivity index (χ1) is 6.00. The Hall–Kier alpha value is -0.160. The third kappa shape index (κ3) is 5.49. The molecule has 72 valence electrons. The Kier molecular flexibility index (Phi) is 6.19. The molecule has 0 atom stereocenters. The lowest BCUT2D eigenvalue weighted by molar-refractivity contribution is -0.0963. The third-order valence-corrected chi connectivity index (χ3v) is 1.49. The number of ether oxygens (including phenoxy) is 4. The Morgan fingerprint density at radius 2 is 1.00 bits per heavy atom. The maximum Gasteiger partial charge on any atom is 0.146 e. The van der Waals surface area contributed by atoms with Gasteiger partial charge in [-0.2, -0.15) is 0 Å². The van der Waals surface area contributed by atoms with Crippen LogP contribution >= 0.6 is 0 Å². The van der Waals surface area contributed by atoms with Crippen LogP contribution in [-0.4, -0.2) is 46.4 Å². The molecule has 0 radical (unpaired) electrons. The van der Waals surface area contributed by atoms with E-state index in [1.165, 1.54) is 0 Å². The zero-order valence-corrected chi connectivity index (χ0v) is 7.29. The van der Waals surface area contributed by atoms with E-state index in [9.17, 15) is 0 Å². The molecule has 4 heteroatoms. The molecule has 0 N–H and O–H groups in total. The number of hydrogen-bond acceptors (Lipinski definition) is 4. The summed E-state index contributed by atoms with van der Waals surface area (Å²) in [4.78, 5) is 0. The van der Waals surface area contributed by atoms with Crippen molar-refractivity contribution >= 4 is 0 Å². The fourth-order valence-corrected chi connectivity index (χ4v) is 0.880. The lowest BCUT2D eigenvalue weighted by Gasteiger charge is -2.09. The first kappa shape index (κ1) is 9.92. The SMILES string of the molecule is C1COCCO1.C1COCOC1. The quantitative estimate of drug-likeness (QED) is 0.536. The monoisotopic (exact) mass is 176 g/mol. The zero-order chi connectivity index (χ0) is 8.49. The summed E-state index contributed by atoms with van der Waals surface area (Å²) in [7, 11) is 0. The fraction of sp³-hybridized carbons (Fsp3) is 1.00. The van der Waals surface area contributed by atoms with Crippen LogP contribution in [0.25, 0.3) is 0 Å². The Labute approximate surface area is 72.7 Å². The predicted octanol–water partition coefficient (Wildman–Crippen LogP) is 0.414. The molecular weight excluding hydrogens is 160 g/mol. The Bertz CT molecular complexity index is 54.0. The summed E-state index contributed by atoms with van der Waals surface area (Å²) in [5.74, 6) is 0. The van der Waals surface area contributed by atoms with Crippen LogP contribution < -0.4 is 0 Å². The van der Waals surface area contributed by atoms with Crippen LogP contribution in [0.1, 0.15) is 6.42 Å². The van der Waals surface area contributed by atoms with E-state index < -0.39 is 0 Å². The summed E-state index contributed by atoms with van der Waals surface area (Å²) in [5, 5.41) is 0. The van der Waals surface area contributed by atoms with E-state index in [4.69, 9.17) is 18.9 Å². The van der Waals surface area contributed by atoms with Gasteiger partial charge in [0.2, 0.25) is 0 Å². The summed E-state index contributed by atoms with van der Waals surface area (Å²) in [6.07, 6.45) is 1.06. The Morgan fingerprint density at radius 1 is 0.500 bits per heavy atom. The summed E-state index contributed by atoms with van der Waals surface area (Å²) in [5.41, 5.74) is 0. The second-order valence-corrected chi connectivity index (χ2v) is 2.51. The molecule has 0 unspecified atom stereocenters. The summed E-state index contributed by atoms with van der Waals surface area (Å²) in [6.45, 7) is 5.36. The third-order valence-electron chi connectivity index (χ3n) is 1.49. The second-order valence-electron chi connectivity index (χ2n) is 2.51. The average Bonchev–Trinajstić information content (AvgIpc) is 2.24. The molecule has 2 aliphatic heterocycles. The molecule has 4 nitrogen and oxygen atoms in total. The highest BCUT2D eigenvalue weighted by Gasteiger charge is 1.94. The van der Waals surface area contributed by atoms with Gasteiger partial charge in [-0.1, -0.05) is 0 Å². The van der Waals surface area contributed by atoms with Gasteiger partial charge in [-0.3, -0.25) is 0 Å². The molecule has 0 aromatic carbocycles. The van der Waals surface area contributed by atoms with Crippen molar-refractivity contribution in [2.45, 2.75) is 6.42 Å². The van der Waals surface area contributed by atoms with Gasteiger partial charge < -0.3 is 18.9 Å². The van der Waals surface area contributed by atoms with E-state index in [1.807, 2.05) is 0 Å². The first-order valence-electron chi connectivity index (χ1n) is 4.31. The van der Waals surface area contributed by atoms with Crippen molar-refractivity contribution < 1.29 is 18.9 Å². The van der Waals surface area contributed by atoms with Gasteiger partial charge in [0.15, 0.2) is 0 Å². The molecule has 12 heavy (non-hydrogen) atoms. The largest absolute Gasteiger partial charge is 0.377 e. The minimum atomic E-state index is 0.500. The molecule has 0 aliphatic carbocycles. The Balaban J connectivity index is 0.000000120. The number of hydrogen-bond donors (Lipinski definition) is 0. The van der Waals surface area contributed by atoms with Crippen molar-refractivity contribution in [3.63, 3.8) is 0 Å². The standard InChI is InChI=1S/2C4H8O2/c1-2-6-4-3-5-1;1-2-5-4-6-3-1/h2*1-4H2. The highest BCUT2D eigenvalue weighted by molar-refractivity contribution is 4.37. The molecule has 0 bridgehead atoms. The van der Waals surface area contributed by atoms with E-state index in [0.29, 0.717) is 6.79 Å². The fourth-order valence-electron chi connectivity index (χ4n) is 0.880. The van der Waals surface area contributed by atoms with Crippen LogP contribution in [-0.2, 0) is 18.9 Å². The lowest BCUT2D eigenvalue weighted by atomic mass is 10.5. The van der Waals surface area contributed by atoms with Crippen molar-refractivity contribution in [1.29, 1.82) is 0 Å². The number of rotatable bonds is 0. The topological polar surface area (TPSA) is 36.9 Å². The normalized spacial score (nSPS) is 24.0. The molecule has 2 fully saturated rings. The summed E-state index contributed by atoms with van der Waals surface area (Å²) < 4.78 is 19.6. The van der Waals surface area contributed by atoms with Gasteiger partial charge >= 0.3 is 0 Å². The lowest BCUT2D eigenvalue weighted by Crippen LogP contribution is -2.16. The van der Waals surface area contributed by atoms with Gasteiger partial charge in [0.25, 0.3) is 0 Å². The molecule has 0 aromatic rings. The van der Waals surface area contributed by atoms with E-state index in [-0.39, 0.29) is 0 Å². The summed E-state index contributed by atoms with van der Waals surface area (Å²) in [6, 6.07) is 0. The van der Waals surface area contributed by atoms with Gasteiger partial charge in [0, 0.05) is 0 Å². The van der Waals surface area contributed by atoms with Crippen molar-refractivity contribution in [3.8, 4) is 0 Å². The molecule has 0 saturated carbocycles. The average molecular weight is 176 g/mol. The molecule has 2 rings (SSSR count). The van der Waals surface area contributed by atoms with E-state index in [0.717, 1.165) is 46.1 Å². The molecule has 0 amide bonds. The minimum absolute atomic E-state index is 0.500. The molecule has 0 spiro atoms. The smallest absolute Gasteiger partial charge is 0.146 e. The van der Waals surface area contributed by atoms with Crippen LogP contribution in [0.5, 0.6) is 0 Å². The maximum atomic E-state index is 4.94. The molecule has 2 heterocycles. The highest BCUT2D eigenvalue weighted by atomic mass is 16.7. The van der Waals surface area contributed by atoms with Crippen LogP contribution in [0.3, 0.4) is 0 Å². The molecule has 2 saturated heterocycles. The van der Waals surface area contributed by atoms with Crippen molar-refractivity contribution in [1.82, 2.24) is 0 Å². The van der Waals surface area contributed by atoms with Gasteiger partial charge in [0.1, 0.15) is 6.79 Å². The van der Waals surface area contributed by atoms with Gasteiger partial charge in [-0.05, 0) is 6.42 Å². The van der Waals surface area contributed by atoms with Crippen LogP contribution in [0.2, 0.25) is 0 Å². The Morgan fingerprint density at radius 3 is 1.17 bits per heavy atom. The predicted molar refractivity (Wildman–Crippen MR) is 43.0 cm³/mol. The van der Waals surface area contributed by atoms with Crippen LogP contribution in [0, 0.1) is 0 Å². The second kappa shape index (κ2) is 7.49. The molecular formula is C8H16O4. The summed E-state index contributed by atoms with van der Waals surface area (Å²) >= 11 is 0. The van der Waals surface area contributed by atoms with E-state index in [2.05, 4.69) is 0 Å². The van der Waals surface area contributed by atoms with E-state index in [1.54, 1.807) is 0 Å². The van der Waals surface area contributed by atoms with Crippen molar-refractivity contribution in [2.24, 2.45) is 0 Å². The van der Waals surface area contributed by atoms with Crippen LogP contribution in [0.4, 0.5) is 0 Å². The minimum Gasteiger partial charge on any atom is -0.377 e. The first-order valence-corrected chi connectivity index (χ1v) is 4.31.